The molecule has 1 fully saturated rings. The van der Waals surface area contributed by atoms with E-state index >= 15 is 0 Å². The van der Waals surface area contributed by atoms with E-state index in [9.17, 15) is 4.79 Å². The van der Waals surface area contributed by atoms with E-state index in [4.69, 9.17) is 0 Å². The van der Waals surface area contributed by atoms with Gasteiger partial charge in [0.05, 0.1) is 0 Å². The van der Waals surface area contributed by atoms with Crippen molar-refractivity contribution in [2.24, 2.45) is 5.92 Å². The van der Waals surface area contributed by atoms with Gasteiger partial charge in [-0.15, -0.1) is 5.10 Å². The molecule has 3 rings (SSSR count). The second-order valence-electron chi connectivity index (χ2n) is 6.83. The predicted molar refractivity (Wildman–Crippen MR) is 95.6 cm³/mol. The largest absolute Gasteiger partial charge is 0.344 e. The second-order valence-corrected chi connectivity index (χ2v) is 7.77. The van der Waals surface area contributed by atoms with Crippen LogP contribution in [0.15, 0.2) is 10.9 Å². The van der Waals surface area contributed by atoms with Crippen LogP contribution in [-0.4, -0.2) is 27.2 Å². The van der Waals surface area contributed by atoms with Crippen LogP contribution in [0.4, 0.5) is 5.13 Å². The quantitative estimate of drug-likeness (QED) is 0.839. The minimum atomic E-state index is -0.0647. The highest BCUT2D eigenvalue weighted by atomic mass is 32.1. The molecule has 0 saturated carbocycles. The third-order valence-corrected chi connectivity index (χ3v) is 5.55. The summed E-state index contributed by atoms with van der Waals surface area (Å²) in [5.41, 5.74) is 0.783. The standard InChI is InChI=1S/C17H26N4OS/c1-4-13-11-15(22)21-16(18-13)23-17(19-21)20-10-6-5-7-14(20)9-8-12(2)3/h11-12,14H,4-10H2,1-3H3. The Labute approximate surface area is 141 Å². The first kappa shape index (κ1) is 16.4. The van der Waals surface area contributed by atoms with E-state index in [2.05, 4.69) is 28.8 Å². The molecule has 0 aromatic carbocycles. The Bertz CT molecular complexity index is 721. The Kier molecular flexibility index (Phi) is 4.99. The van der Waals surface area contributed by atoms with Crippen LogP contribution in [-0.2, 0) is 6.42 Å². The zero-order chi connectivity index (χ0) is 16.4. The van der Waals surface area contributed by atoms with Gasteiger partial charge >= 0.3 is 0 Å². The Hall–Kier alpha value is -1.43. The lowest BCUT2D eigenvalue weighted by Gasteiger charge is -2.35. The van der Waals surface area contributed by atoms with Gasteiger partial charge in [0.15, 0.2) is 0 Å². The highest BCUT2D eigenvalue weighted by Crippen LogP contribution is 2.30. The van der Waals surface area contributed by atoms with Crippen LogP contribution in [0.2, 0.25) is 0 Å². The number of hydrogen-bond acceptors (Lipinski definition) is 5. The van der Waals surface area contributed by atoms with Crippen molar-refractivity contribution >= 4 is 21.4 Å². The lowest BCUT2D eigenvalue weighted by Crippen LogP contribution is -2.39. The SMILES string of the molecule is CCc1cc(=O)n2nc(N3CCCCC3CCC(C)C)sc2n1. The molecule has 2 aromatic heterocycles. The van der Waals surface area contributed by atoms with E-state index in [1.54, 1.807) is 17.4 Å². The topological polar surface area (TPSA) is 50.5 Å². The minimum Gasteiger partial charge on any atom is -0.344 e. The summed E-state index contributed by atoms with van der Waals surface area (Å²) in [6.45, 7) is 7.62. The molecule has 126 valence electrons. The van der Waals surface area contributed by atoms with Crippen LogP contribution < -0.4 is 10.5 Å². The normalized spacial score (nSPS) is 19.0. The molecule has 1 atom stereocenters. The molecule has 1 aliphatic rings. The fraction of sp³-hybridized carbons (Fsp3) is 0.706. The Morgan fingerprint density at radius 2 is 2.22 bits per heavy atom. The van der Waals surface area contributed by atoms with E-state index in [1.165, 1.54) is 36.6 Å². The summed E-state index contributed by atoms with van der Waals surface area (Å²) in [5, 5.41) is 5.53. The van der Waals surface area contributed by atoms with E-state index in [0.29, 0.717) is 6.04 Å². The molecule has 1 saturated heterocycles. The molecule has 5 nitrogen and oxygen atoms in total. The molecular weight excluding hydrogens is 308 g/mol. The maximum atomic E-state index is 12.2. The number of anilines is 1. The molecule has 0 N–H and O–H groups in total. The number of fused-ring (bicyclic) bond motifs is 1. The number of aromatic nitrogens is 3. The number of aryl methyl sites for hydroxylation is 1. The van der Waals surface area contributed by atoms with Crippen LogP contribution >= 0.6 is 11.3 Å². The number of piperidine rings is 1. The highest BCUT2D eigenvalue weighted by molar-refractivity contribution is 7.20. The van der Waals surface area contributed by atoms with Crippen molar-refractivity contribution in [3.63, 3.8) is 0 Å². The van der Waals surface area contributed by atoms with Crippen molar-refractivity contribution in [3.8, 4) is 0 Å². The Morgan fingerprint density at radius 1 is 1.39 bits per heavy atom. The first-order chi connectivity index (χ1) is 11.1. The molecule has 0 radical (unpaired) electrons. The summed E-state index contributed by atoms with van der Waals surface area (Å²) >= 11 is 1.55. The van der Waals surface area contributed by atoms with Gasteiger partial charge in [-0.05, 0) is 44.4 Å². The lowest BCUT2D eigenvalue weighted by atomic mass is 9.95. The molecule has 1 unspecified atom stereocenters. The first-order valence-corrected chi connectivity index (χ1v) is 9.56. The summed E-state index contributed by atoms with van der Waals surface area (Å²) in [4.78, 5) is 19.9. The minimum absolute atomic E-state index is 0.0647. The monoisotopic (exact) mass is 334 g/mol. The summed E-state index contributed by atoms with van der Waals surface area (Å²) < 4.78 is 1.47. The van der Waals surface area contributed by atoms with Crippen molar-refractivity contribution < 1.29 is 0 Å². The molecule has 1 aliphatic heterocycles. The molecular formula is C17H26N4OS. The lowest BCUT2D eigenvalue weighted by molar-refractivity contribution is 0.403. The number of rotatable bonds is 5. The average Bonchev–Trinajstić information content (AvgIpc) is 2.97. The maximum Gasteiger partial charge on any atom is 0.275 e. The van der Waals surface area contributed by atoms with E-state index < -0.39 is 0 Å². The smallest absolute Gasteiger partial charge is 0.275 e. The summed E-state index contributed by atoms with van der Waals surface area (Å²) in [6, 6.07) is 2.15. The molecule has 3 heterocycles. The van der Waals surface area contributed by atoms with Crippen LogP contribution in [0.1, 0.15) is 58.6 Å². The van der Waals surface area contributed by atoms with Gasteiger partial charge in [-0.25, -0.2) is 4.98 Å². The van der Waals surface area contributed by atoms with Gasteiger partial charge in [0, 0.05) is 24.3 Å². The number of nitrogens with zero attached hydrogens (tertiary/aromatic N) is 4. The van der Waals surface area contributed by atoms with Gasteiger partial charge in [0.1, 0.15) is 0 Å². The van der Waals surface area contributed by atoms with Crippen molar-refractivity contribution in [2.75, 3.05) is 11.4 Å². The molecule has 0 amide bonds. The Morgan fingerprint density at radius 3 is 2.96 bits per heavy atom. The third kappa shape index (κ3) is 3.57. The van der Waals surface area contributed by atoms with Gasteiger partial charge in [-0.2, -0.15) is 4.52 Å². The second kappa shape index (κ2) is 6.99. The van der Waals surface area contributed by atoms with Gasteiger partial charge in [0.25, 0.3) is 5.56 Å². The van der Waals surface area contributed by atoms with E-state index in [-0.39, 0.29) is 5.56 Å². The van der Waals surface area contributed by atoms with Gasteiger partial charge in [-0.3, -0.25) is 4.79 Å². The fourth-order valence-corrected chi connectivity index (χ4v) is 4.25. The Balaban J connectivity index is 1.90. The van der Waals surface area contributed by atoms with Crippen molar-refractivity contribution in [2.45, 2.75) is 65.3 Å². The van der Waals surface area contributed by atoms with Crippen molar-refractivity contribution in [1.82, 2.24) is 14.6 Å². The summed E-state index contributed by atoms with van der Waals surface area (Å²) in [6.07, 6.45) is 6.95. The molecule has 0 aliphatic carbocycles. The molecule has 0 spiro atoms. The van der Waals surface area contributed by atoms with Gasteiger partial charge in [0.2, 0.25) is 10.1 Å². The predicted octanol–water partition coefficient (Wildman–Crippen LogP) is 3.51. The number of hydrogen-bond donors (Lipinski definition) is 0. The molecule has 6 heteroatoms. The van der Waals surface area contributed by atoms with Crippen LogP contribution in [0, 0.1) is 5.92 Å². The third-order valence-electron chi connectivity index (χ3n) is 4.60. The zero-order valence-electron chi connectivity index (χ0n) is 14.3. The van der Waals surface area contributed by atoms with Crippen LogP contribution in [0.3, 0.4) is 0 Å². The maximum absolute atomic E-state index is 12.2. The van der Waals surface area contributed by atoms with Crippen LogP contribution in [0.25, 0.3) is 4.96 Å². The average molecular weight is 334 g/mol. The summed E-state index contributed by atoms with van der Waals surface area (Å²) in [7, 11) is 0. The highest BCUT2D eigenvalue weighted by Gasteiger charge is 2.25. The van der Waals surface area contributed by atoms with Gasteiger partial charge < -0.3 is 4.90 Å². The van der Waals surface area contributed by atoms with E-state index in [0.717, 1.165) is 34.7 Å². The van der Waals surface area contributed by atoms with Crippen molar-refractivity contribution in [3.05, 3.63) is 22.1 Å². The van der Waals surface area contributed by atoms with E-state index in [1.807, 2.05) is 6.92 Å². The fourth-order valence-electron chi connectivity index (χ4n) is 3.22. The van der Waals surface area contributed by atoms with Crippen molar-refractivity contribution in [1.29, 1.82) is 0 Å². The molecule has 2 aromatic rings. The zero-order valence-corrected chi connectivity index (χ0v) is 15.1. The summed E-state index contributed by atoms with van der Waals surface area (Å²) in [5.74, 6) is 0.727. The van der Waals surface area contributed by atoms with Crippen LogP contribution in [0.5, 0.6) is 0 Å². The first-order valence-electron chi connectivity index (χ1n) is 8.75. The molecule has 0 bridgehead atoms. The molecule has 23 heavy (non-hydrogen) atoms. The van der Waals surface area contributed by atoms with Gasteiger partial charge in [-0.1, -0.05) is 32.1 Å².